The number of hydrogen-bond donors (Lipinski definition) is 0. The lowest BCUT2D eigenvalue weighted by atomic mass is 10.2. The maximum atomic E-state index is 11.7. The van der Waals surface area contributed by atoms with Crippen LogP contribution in [-0.2, 0) is 17.8 Å². The van der Waals surface area contributed by atoms with Crippen molar-refractivity contribution in [3.8, 4) is 11.4 Å². The van der Waals surface area contributed by atoms with E-state index in [0.717, 1.165) is 43.1 Å². The molecular weight excluding hydrogens is 408 g/mol. The molecule has 3 aromatic rings. The fraction of sp³-hybridized carbons (Fsp3) is 0.381. The molecule has 0 atom stereocenters. The van der Waals surface area contributed by atoms with Crippen molar-refractivity contribution in [2.24, 2.45) is 0 Å². The van der Waals surface area contributed by atoms with Gasteiger partial charge in [0.05, 0.1) is 20.2 Å². The maximum Gasteiger partial charge on any atom is 0.374 e. The van der Waals surface area contributed by atoms with Gasteiger partial charge in [0, 0.05) is 42.3 Å². The summed E-state index contributed by atoms with van der Waals surface area (Å²) in [4.78, 5) is 20.8. The number of hydrogen-bond acceptors (Lipinski definition) is 8. The molecule has 0 N–H and O–H groups in total. The third-order valence-electron chi connectivity index (χ3n) is 5.11. The van der Waals surface area contributed by atoms with Crippen LogP contribution in [0.4, 0.5) is 0 Å². The van der Waals surface area contributed by atoms with E-state index in [9.17, 15) is 4.79 Å². The number of aromatic nitrogens is 2. The monoisotopic (exact) mass is 430 g/mol. The number of ether oxygens (including phenoxy) is 1. The minimum Gasteiger partial charge on any atom is -0.463 e. The molecule has 1 aliphatic rings. The van der Waals surface area contributed by atoms with E-state index in [1.165, 1.54) is 7.11 Å². The van der Waals surface area contributed by atoms with Gasteiger partial charge >= 0.3 is 5.97 Å². The quantitative estimate of drug-likeness (QED) is 0.550. The lowest BCUT2D eigenvalue weighted by Gasteiger charge is -2.33. The Morgan fingerprint density at radius 1 is 1.13 bits per heavy atom. The summed E-state index contributed by atoms with van der Waals surface area (Å²) in [6, 6.07) is 9.26. The third kappa shape index (κ3) is 4.72. The molecule has 1 aliphatic heterocycles. The van der Waals surface area contributed by atoms with E-state index < -0.39 is 5.97 Å². The second-order valence-corrected chi connectivity index (χ2v) is 7.72. The molecule has 0 radical (unpaired) electrons. The van der Waals surface area contributed by atoms with Crippen molar-refractivity contribution < 1.29 is 18.5 Å². The number of esters is 1. The van der Waals surface area contributed by atoms with Crippen LogP contribution in [0.5, 0.6) is 0 Å². The van der Waals surface area contributed by atoms with Crippen molar-refractivity contribution in [1.82, 2.24) is 19.9 Å². The zero-order valence-electron chi connectivity index (χ0n) is 16.9. The summed E-state index contributed by atoms with van der Waals surface area (Å²) < 4.78 is 15.8. The molecule has 158 valence electrons. The van der Waals surface area contributed by atoms with Gasteiger partial charge in [-0.05, 0) is 37.3 Å². The molecule has 4 rings (SSSR count). The molecular formula is C21H23ClN4O4. The number of piperazine rings is 1. The average molecular weight is 431 g/mol. The molecule has 0 spiro atoms. The number of halogens is 1. The summed E-state index contributed by atoms with van der Waals surface area (Å²) in [5.41, 5.74) is 1.67. The van der Waals surface area contributed by atoms with Crippen LogP contribution in [0, 0.1) is 6.92 Å². The van der Waals surface area contributed by atoms with Crippen LogP contribution in [0.3, 0.4) is 0 Å². The van der Waals surface area contributed by atoms with Crippen molar-refractivity contribution in [3.05, 3.63) is 58.3 Å². The van der Waals surface area contributed by atoms with E-state index in [1.54, 1.807) is 12.1 Å². The molecule has 1 fully saturated rings. The zero-order chi connectivity index (χ0) is 21.1. The molecule has 30 heavy (non-hydrogen) atoms. The van der Waals surface area contributed by atoms with Gasteiger partial charge in [-0.2, -0.15) is 4.98 Å². The summed E-state index contributed by atoms with van der Waals surface area (Å²) in [5, 5.41) is 4.74. The summed E-state index contributed by atoms with van der Waals surface area (Å²) >= 11 is 5.92. The highest BCUT2D eigenvalue weighted by molar-refractivity contribution is 6.30. The SMILES string of the molecule is COC(=O)c1oc(CN2CCN(Cc3nc(-c4ccc(Cl)cc4)no3)CC2)cc1C. The number of rotatable bonds is 6. The largest absolute Gasteiger partial charge is 0.463 e. The summed E-state index contributed by atoms with van der Waals surface area (Å²) in [7, 11) is 1.35. The average Bonchev–Trinajstić information content (AvgIpc) is 3.36. The number of carbonyl (C=O) groups excluding carboxylic acids is 1. The first kappa shape index (κ1) is 20.6. The van der Waals surface area contributed by atoms with E-state index in [0.29, 0.717) is 29.8 Å². The van der Waals surface area contributed by atoms with Gasteiger partial charge < -0.3 is 13.7 Å². The van der Waals surface area contributed by atoms with Crippen LogP contribution in [0.15, 0.2) is 39.3 Å². The van der Waals surface area contributed by atoms with E-state index in [2.05, 4.69) is 19.9 Å². The van der Waals surface area contributed by atoms with Crippen molar-refractivity contribution in [3.63, 3.8) is 0 Å². The normalized spacial score (nSPS) is 15.4. The molecule has 1 aromatic carbocycles. The zero-order valence-corrected chi connectivity index (χ0v) is 17.7. The first-order chi connectivity index (χ1) is 14.5. The Bertz CT molecular complexity index is 1010. The maximum absolute atomic E-state index is 11.7. The molecule has 0 amide bonds. The van der Waals surface area contributed by atoms with Crippen LogP contribution >= 0.6 is 11.6 Å². The Kier molecular flexibility index (Phi) is 6.17. The molecule has 0 saturated carbocycles. The second-order valence-electron chi connectivity index (χ2n) is 7.29. The van der Waals surface area contributed by atoms with E-state index in [-0.39, 0.29) is 5.76 Å². The number of aryl methyl sites for hydroxylation is 1. The second kappa shape index (κ2) is 8.99. The smallest absolute Gasteiger partial charge is 0.374 e. The van der Waals surface area contributed by atoms with Gasteiger partial charge in [0.15, 0.2) is 0 Å². The van der Waals surface area contributed by atoms with Crippen LogP contribution in [0.25, 0.3) is 11.4 Å². The van der Waals surface area contributed by atoms with Crippen molar-refractivity contribution in [2.75, 3.05) is 33.3 Å². The van der Waals surface area contributed by atoms with Crippen LogP contribution in [-0.4, -0.2) is 59.2 Å². The van der Waals surface area contributed by atoms with Gasteiger partial charge in [-0.1, -0.05) is 16.8 Å². The van der Waals surface area contributed by atoms with Gasteiger partial charge in [0.25, 0.3) is 0 Å². The van der Waals surface area contributed by atoms with Crippen LogP contribution < -0.4 is 0 Å². The molecule has 8 nitrogen and oxygen atoms in total. The van der Waals surface area contributed by atoms with E-state index in [4.69, 9.17) is 25.3 Å². The Morgan fingerprint density at radius 2 is 1.80 bits per heavy atom. The van der Waals surface area contributed by atoms with Gasteiger partial charge in [0.2, 0.25) is 17.5 Å². The molecule has 0 bridgehead atoms. The Morgan fingerprint density at radius 3 is 2.47 bits per heavy atom. The predicted molar refractivity (Wildman–Crippen MR) is 110 cm³/mol. The minimum absolute atomic E-state index is 0.277. The highest BCUT2D eigenvalue weighted by Gasteiger charge is 2.22. The highest BCUT2D eigenvalue weighted by atomic mass is 35.5. The van der Waals surface area contributed by atoms with Crippen molar-refractivity contribution in [1.29, 1.82) is 0 Å². The van der Waals surface area contributed by atoms with Crippen molar-refractivity contribution in [2.45, 2.75) is 20.0 Å². The fourth-order valence-corrected chi connectivity index (χ4v) is 3.60. The van der Waals surface area contributed by atoms with Crippen molar-refractivity contribution >= 4 is 17.6 Å². The van der Waals surface area contributed by atoms with Gasteiger partial charge in [-0.3, -0.25) is 9.80 Å². The summed E-state index contributed by atoms with van der Waals surface area (Å²) in [6.07, 6.45) is 0. The molecule has 3 heterocycles. The number of furan rings is 1. The van der Waals surface area contributed by atoms with Gasteiger partial charge in [-0.25, -0.2) is 4.79 Å². The predicted octanol–water partition coefficient (Wildman–Crippen LogP) is 3.40. The van der Waals surface area contributed by atoms with E-state index >= 15 is 0 Å². The van der Waals surface area contributed by atoms with Gasteiger partial charge in [0.1, 0.15) is 5.76 Å². The Hall–Kier alpha value is -2.68. The lowest BCUT2D eigenvalue weighted by molar-refractivity contribution is 0.0557. The number of nitrogens with zero attached hydrogens (tertiary/aromatic N) is 4. The molecule has 0 unspecified atom stereocenters. The molecule has 1 saturated heterocycles. The molecule has 0 aliphatic carbocycles. The first-order valence-electron chi connectivity index (χ1n) is 9.72. The molecule has 2 aromatic heterocycles. The number of methoxy groups -OCH3 is 1. The lowest BCUT2D eigenvalue weighted by Crippen LogP contribution is -2.45. The summed E-state index contributed by atoms with van der Waals surface area (Å²) in [5.74, 6) is 1.76. The Labute approximate surface area is 179 Å². The van der Waals surface area contributed by atoms with Gasteiger partial charge in [-0.15, -0.1) is 0 Å². The summed E-state index contributed by atoms with van der Waals surface area (Å²) in [6.45, 7) is 6.63. The fourth-order valence-electron chi connectivity index (χ4n) is 3.47. The number of benzene rings is 1. The third-order valence-corrected chi connectivity index (χ3v) is 5.37. The highest BCUT2D eigenvalue weighted by Crippen LogP contribution is 2.20. The first-order valence-corrected chi connectivity index (χ1v) is 10.1. The topological polar surface area (TPSA) is 84.8 Å². The molecule has 9 heteroatoms. The standard InChI is InChI=1S/C21H23ClN4O4/c1-14-11-17(29-19(14)21(27)28-2)12-25-7-9-26(10-8-25)13-18-23-20(24-30-18)15-3-5-16(22)6-4-15/h3-6,11H,7-10,12-13H2,1-2H3. The Balaban J connectivity index is 1.29. The van der Waals surface area contributed by atoms with Crippen LogP contribution in [0.1, 0.15) is 27.8 Å². The van der Waals surface area contributed by atoms with Crippen LogP contribution in [0.2, 0.25) is 5.02 Å². The number of carbonyl (C=O) groups is 1. The minimum atomic E-state index is -0.443. The van der Waals surface area contributed by atoms with E-state index in [1.807, 2.05) is 25.1 Å².